The summed E-state index contributed by atoms with van der Waals surface area (Å²) in [4.78, 5) is 14.3. The zero-order valence-corrected chi connectivity index (χ0v) is 12.6. The van der Waals surface area contributed by atoms with Crippen LogP contribution in [0.4, 0.5) is 4.39 Å². The summed E-state index contributed by atoms with van der Waals surface area (Å²) in [6.45, 7) is 2.42. The molecule has 116 valence electrons. The highest BCUT2D eigenvalue weighted by Crippen LogP contribution is 2.14. The lowest BCUT2D eigenvalue weighted by atomic mass is 10.1. The van der Waals surface area contributed by atoms with E-state index in [1.54, 1.807) is 0 Å². The molecule has 0 aliphatic carbocycles. The lowest BCUT2D eigenvalue weighted by molar-refractivity contribution is 0.0886. The van der Waals surface area contributed by atoms with Gasteiger partial charge < -0.3 is 15.3 Å². The molecule has 2 rings (SSSR count). The van der Waals surface area contributed by atoms with Crippen molar-refractivity contribution >= 4 is 17.5 Å². The summed E-state index contributed by atoms with van der Waals surface area (Å²) in [5.41, 5.74) is 0.164. The van der Waals surface area contributed by atoms with Crippen LogP contribution in [0.5, 0.6) is 0 Å². The molecule has 0 radical (unpaired) electrons. The number of aliphatic hydroxyl groups excluding tert-OH is 1. The molecule has 1 saturated heterocycles. The van der Waals surface area contributed by atoms with E-state index in [1.165, 1.54) is 12.5 Å². The summed E-state index contributed by atoms with van der Waals surface area (Å²) in [6.07, 6.45) is 3.52. The van der Waals surface area contributed by atoms with Gasteiger partial charge in [0.15, 0.2) is 0 Å². The number of likely N-dealkylation sites (tertiary alicyclic amines) is 1. The second-order valence-corrected chi connectivity index (χ2v) is 5.81. The fourth-order valence-electron chi connectivity index (χ4n) is 2.56. The smallest absolute Gasteiger partial charge is 0.251 e. The number of rotatable bonds is 5. The number of halogens is 2. The number of amides is 1. The van der Waals surface area contributed by atoms with Crippen molar-refractivity contribution in [3.8, 4) is 0 Å². The Morgan fingerprint density at radius 2 is 2.05 bits per heavy atom. The van der Waals surface area contributed by atoms with Gasteiger partial charge in [-0.2, -0.15) is 0 Å². The molecule has 1 fully saturated rings. The van der Waals surface area contributed by atoms with Crippen LogP contribution in [-0.2, 0) is 0 Å². The van der Waals surface area contributed by atoms with Gasteiger partial charge in [0.2, 0.25) is 0 Å². The van der Waals surface area contributed by atoms with Crippen LogP contribution in [0.25, 0.3) is 0 Å². The Bertz CT molecular complexity index is 472. The van der Waals surface area contributed by atoms with Crippen molar-refractivity contribution in [3.63, 3.8) is 0 Å². The average Bonchev–Trinajstić information content (AvgIpc) is 2.46. The standard InChI is InChI=1S/C15H20ClFN2O2/c16-12-6-11(7-13(17)8-12)15(21)18-14(10-20)9-19-4-2-1-3-5-19/h6-8,14,20H,1-5,9-10H2,(H,18,21). The maximum absolute atomic E-state index is 13.3. The first-order valence-corrected chi connectivity index (χ1v) is 7.56. The van der Waals surface area contributed by atoms with Crippen LogP contribution in [0, 0.1) is 5.82 Å². The van der Waals surface area contributed by atoms with Crippen LogP contribution in [0.1, 0.15) is 29.6 Å². The van der Waals surface area contributed by atoms with Gasteiger partial charge in [0.05, 0.1) is 12.6 Å². The first kappa shape index (κ1) is 16.2. The molecule has 21 heavy (non-hydrogen) atoms. The van der Waals surface area contributed by atoms with Gasteiger partial charge in [-0.05, 0) is 44.1 Å². The van der Waals surface area contributed by atoms with Crippen LogP contribution >= 0.6 is 11.6 Å². The highest BCUT2D eigenvalue weighted by molar-refractivity contribution is 6.31. The molecule has 6 heteroatoms. The van der Waals surface area contributed by atoms with E-state index in [0.717, 1.165) is 38.1 Å². The van der Waals surface area contributed by atoms with E-state index >= 15 is 0 Å². The number of carbonyl (C=O) groups is 1. The van der Waals surface area contributed by atoms with Gasteiger partial charge in [0.25, 0.3) is 5.91 Å². The molecule has 2 N–H and O–H groups in total. The number of carbonyl (C=O) groups excluding carboxylic acids is 1. The summed E-state index contributed by atoms with van der Waals surface area (Å²) in [7, 11) is 0. The molecule has 0 bridgehead atoms. The molecule has 0 aromatic heterocycles. The highest BCUT2D eigenvalue weighted by atomic mass is 35.5. The third kappa shape index (κ3) is 4.95. The minimum absolute atomic E-state index is 0.148. The van der Waals surface area contributed by atoms with Crippen molar-refractivity contribution in [2.75, 3.05) is 26.2 Å². The Morgan fingerprint density at radius 3 is 2.67 bits per heavy atom. The van der Waals surface area contributed by atoms with E-state index in [4.69, 9.17) is 11.6 Å². The number of piperidine rings is 1. The first-order valence-electron chi connectivity index (χ1n) is 7.18. The van der Waals surface area contributed by atoms with Gasteiger partial charge in [0, 0.05) is 17.1 Å². The van der Waals surface area contributed by atoms with E-state index in [0.29, 0.717) is 6.54 Å². The topological polar surface area (TPSA) is 52.6 Å². The molecular formula is C15H20ClFN2O2. The van der Waals surface area contributed by atoms with Gasteiger partial charge in [-0.1, -0.05) is 18.0 Å². The fraction of sp³-hybridized carbons (Fsp3) is 0.533. The number of hydrogen-bond donors (Lipinski definition) is 2. The summed E-state index contributed by atoms with van der Waals surface area (Å²) >= 11 is 5.74. The molecule has 1 aromatic carbocycles. The normalized spacial score (nSPS) is 17.5. The molecule has 1 aromatic rings. The fourth-order valence-corrected chi connectivity index (χ4v) is 2.78. The maximum atomic E-state index is 13.3. The van der Waals surface area contributed by atoms with Crippen LogP contribution < -0.4 is 5.32 Å². The Kier molecular flexibility index (Phi) is 5.96. The van der Waals surface area contributed by atoms with E-state index in [1.807, 2.05) is 0 Å². The molecular weight excluding hydrogens is 295 g/mol. The summed E-state index contributed by atoms with van der Waals surface area (Å²) < 4.78 is 13.3. The predicted octanol–water partition coefficient (Wildman–Crippen LogP) is 2.06. The van der Waals surface area contributed by atoms with Crippen molar-refractivity contribution in [2.24, 2.45) is 0 Å². The second-order valence-electron chi connectivity index (χ2n) is 5.37. The van der Waals surface area contributed by atoms with Gasteiger partial charge in [-0.15, -0.1) is 0 Å². The number of hydrogen-bond acceptors (Lipinski definition) is 3. The van der Waals surface area contributed by atoms with Crippen molar-refractivity contribution in [3.05, 3.63) is 34.6 Å². The van der Waals surface area contributed by atoms with E-state index in [-0.39, 0.29) is 23.2 Å². The third-order valence-corrected chi connectivity index (χ3v) is 3.83. The van der Waals surface area contributed by atoms with Gasteiger partial charge in [0.1, 0.15) is 5.82 Å². The number of nitrogens with zero attached hydrogens (tertiary/aromatic N) is 1. The number of benzene rings is 1. The predicted molar refractivity (Wildman–Crippen MR) is 80.0 cm³/mol. The van der Waals surface area contributed by atoms with Crippen molar-refractivity contribution in [2.45, 2.75) is 25.3 Å². The van der Waals surface area contributed by atoms with Crippen LogP contribution in [0.15, 0.2) is 18.2 Å². The quantitative estimate of drug-likeness (QED) is 0.874. The molecule has 0 spiro atoms. The second kappa shape index (κ2) is 7.73. The monoisotopic (exact) mass is 314 g/mol. The molecule has 1 aliphatic rings. The number of aliphatic hydroxyl groups is 1. The Labute approximate surface area is 128 Å². The van der Waals surface area contributed by atoms with Crippen molar-refractivity contribution < 1.29 is 14.3 Å². The molecule has 4 nitrogen and oxygen atoms in total. The molecule has 1 unspecified atom stereocenters. The maximum Gasteiger partial charge on any atom is 0.251 e. The molecule has 1 amide bonds. The largest absolute Gasteiger partial charge is 0.394 e. The van der Waals surface area contributed by atoms with Gasteiger partial charge >= 0.3 is 0 Å². The Balaban J connectivity index is 1.95. The Hall–Kier alpha value is -1.17. The highest BCUT2D eigenvalue weighted by Gasteiger charge is 2.18. The van der Waals surface area contributed by atoms with E-state index < -0.39 is 11.7 Å². The minimum Gasteiger partial charge on any atom is -0.394 e. The first-order chi connectivity index (χ1) is 10.1. The third-order valence-electron chi connectivity index (χ3n) is 3.61. The zero-order valence-electron chi connectivity index (χ0n) is 11.8. The summed E-state index contributed by atoms with van der Waals surface area (Å²) in [6, 6.07) is 3.33. The van der Waals surface area contributed by atoms with Crippen molar-refractivity contribution in [1.82, 2.24) is 10.2 Å². The van der Waals surface area contributed by atoms with Crippen LogP contribution in [0.2, 0.25) is 5.02 Å². The average molecular weight is 315 g/mol. The number of nitrogens with one attached hydrogen (secondary N) is 1. The molecule has 1 heterocycles. The lowest BCUT2D eigenvalue weighted by Crippen LogP contribution is -2.47. The zero-order chi connectivity index (χ0) is 15.2. The van der Waals surface area contributed by atoms with Crippen LogP contribution in [0.3, 0.4) is 0 Å². The Morgan fingerprint density at radius 1 is 1.33 bits per heavy atom. The van der Waals surface area contributed by atoms with Crippen molar-refractivity contribution in [1.29, 1.82) is 0 Å². The molecule has 1 aliphatic heterocycles. The summed E-state index contributed by atoms with van der Waals surface area (Å²) in [5.74, 6) is -0.975. The summed E-state index contributed by atoms with van der Waals surface area (Å²) in [5, 5.41) is 12.3. The van der Waals surface area contributed by atoms with Crippen LogP contribution in [-0.4, -0.2) is 48.2 Å². The SMILES string of the molecule is O=C(NC(CO)CN1CCCCC1)c1cc(F)cc(Cl)c1. The lowest BCUT2D eigenvalue weighted by Gasteiger charge is -2.30. The van der Waals surface area contributed by atoms with E-state index in [9.17, 15) is 14.3 Å². The van der Waals surface area contributed by atoms with Gasteiger partial charge in [-0.3, -0.25) is 4.79 Å². The molecule has 1 atom stereocenters. The van der Waals surface area contributed by atoms with Gasteiger partial charge in [-0.25, -0.2) is 4.39 Å². The minimum atomic E-state index is -0.552. The molecule has 0 saturated carbocycles. The van der Waals surface area contributed by atoms with E-state index in [2.05, 4.69) is 10.2 Å².